The van der Waals surface area contributed by atoms with Crippen LogP contribution in [0, 0.1) is 23.7 Å². The first-order chi connectivity index (χ1) is 12.2. The maximum atomic E-state index is 13.1. The van der Waals surface area contributed by atoms with Crippen molar-refractivity contribution in [2.24, 2.45) is 23.7 Å². The molecule has 4 heteroatoms. The standard InChI is InChI=1S/C22H37NO3/c1-5-6-7-8-18(20(25)26-21(2,3)4)19(24)23-22-12-15-9-16(13-22)11-17(10-15)14-22/h15-18H,5-14H2,1-4H3,(H,23,24)/t15?,16?,17?,18-,22?/m0/s1. The second-order valence-corrected chi connectivity index (χ2v) is 10.3. The molecule has 4 fully saturated rings. The maximum Gasteiger partial charge on any atom is 0.319 e. The molecule has 26 heavy (non-hydrogen) atoms. The molecule has 4 rings (SSSR count). The number of carbonyl (C=O) groups excluding carboxylic acids is 2. The van der Waals surface area contributed by atoms with Crippen molar-refractivity contribution >= 4 is 11.9 Å². The van der Waals surface area contributed by atoms with Crippen LogP contribution in [0.2, 0.25) is 0 Å². The molecule has 4 saturated carbocycles. The van der Waals surface area contributed by atoms with E-state index in [1.54, 1.807) is 0 Å². The fraction of sp³-hybridized carbons (Fsp3) is 0.909. The average Bonchev–Trinajstić information content (AvgIpc) is 2.47. The number of hydrogen-bond donors (Lipinski definition) is 1. The van der Waals surface area contributed by atoms with Crippen molar-refractivity contribution in [1.82, 2.24) is 5.32 Å². The summed E-state index contributed by atoms with van der Waals surface area (Å²) in [7, 11) is 0. The molecule has 0 unspecified atom stereocenters. The number of ether oxygens (including phenoxy) is 1. The molecule has 1 N–H and O–H groups in total. The lowest BCUT2D eigenvalue weighted by Crippen LogP contribution is -2.61. The predicted molar refractivity (Wildman–Crippen MR) is 103 cm³/mol. The SMILES string of the molecule is CCCCC[C@@H](C(=O)NC12CC3CC(CC(C3)C1)C2)C(=O)OC(C)(C)C. The minimum Gasteiger partial charge on any atom is -0.459 e. The van der Waals surface area contributed by atoms with Crippen LogP contribution in [-0.2, 0) is 14.3 Å². The first kappa shape index (κ1) is 19.7. The third-order valence-corrected chi connectivity index (χ3v) is 6.53. The van der Waals surface area contributed by atoms with Gasteiger partial charge in [0.2, 0.25) is 5.91 Å². The van der Waals surface area contributed by atoms with Gasteiger partial charge in [-0.05, 0) is 83.5 Å². The number of rotatable bonds is 7. The Kier molecular flexibility index (Phi) is 5.69. The lowest BCUT2D eigenvalue weighted by atomic mass is 9.53. The van der Waals surface area contributed by atoms with Gasteiger partial charge in [0.1, 0.15) is 11.5 Å². The normalized spacial score (nSPS) is 33.8. The monoisotopic (exact) mass is 363 g/mol. The van der Waals surface area contributed by atoms with Gasteiger partial charge in [0.05, 0.1) is 0 Å². The minimum atomic E-state index is -0.659. The fourth-order valence-corrected chi connectivity index (χ4v) is 5.94. The molecule has 0 aromatic heterocycles. The van der Waals surface area contributed by atoms with E-state index in [0.717, 1.165) is 56.3 Å². The van der Waals surface area contributed by atoms with Gasteiger partial charge in [0.15, 0.2) is 0 Å². The Morgan fingerprint density at radius 1 is 1.04 bits per heavy atom. The molecule has 1 atom stereocenters. The highest BCUT2D eigenvalue weighted by molar-refractivity contribution is 5.98. The number of carbonyl (C=O) groups is 2. The Bertz CT molecular complexity index is 499. The Balaban J connectivity index is 1.67. The number of amides is 1. The molecule has 0 aromatic carbocycles. The highest BCUT2D eigenvalue weighted by atomic mass is 16.6. The molecular weight excluding hydrogens is 326 g/mol. The summed E-state index contributed by atoms with van der Waals surface area (Å²) in [4.78, 5) is 25.8. The Morgan fingerprint density at radius 3 is 2.04 bits per heavy atom. The molecule has 0 heterocycles. The van der Waals surface area contributed by atoms with E-state index in [-0.39, 0.29) is 17.4 Å². The van der Waals surface area contributed by atoms with Gasteiger partial charge in [0.25, 0.3) is 0 Å². The van der Waals surface area contributed by atoms with Crippen molar-refractivity contribution in [1.29, 1.82) is 0 Å². The van der Waals surface area contributed by atoms with Crippen molar-refractivity contribution in [3.8, 4) is 0 Å². The molecule has 148 valence electrons. The molecule has 4 aliphatic rings. The summed E-state index contributed by atoms with van der Waals surface area (Å²) >= 11 is 0. The first-order valence-electron chi connectivity index (χ1n) is 10.7. The molecule has 0 spiro atoms. The van der Waals surface area contributed by atoms with Gasteiger partial charge in [-0.3, -0.25) is 9.59 Å². The molecule has 0 aliphatic heterocycles. The Hall–Kier alpha value is -1.06. The quantitative estimate of drug-likeness (QED) is 0.408. The zero-order valence-electron chi connectivity index (χ0n) is 17.1. The summed E-state index contributed by atoms with van der Waals surface area (Å²) in [5.41, 5.74) is -0.599. The largest absolute Gasteiger partial charge is 0.459 e. The van der Waals surface area contributed by atoms with Gasteiger partial charge in [-0.25, -0.2) is 0 Å². The van der Waals surface area contributed by atoms with Crippen LogP contribution in [0.25, 0.3) is 0 Å². The summed E-state index contributed by atoms with van der Waals surface area (Å²) in [6.45, 7) is 7.74. The summed E-state index contributed by atoms with van der Waals surface area (Å²) in [6.07, 6.45) is 11.0. The van der Waals surface area contributed by atoms with Crippen LogP contribution >= 0.6 is 0 Å². The van der Waals surface area contributed by atoms with Crippen molar-refractivity contribution in [2.45, 2.75) is 103 Å². The third kappa shape index (κ3) is 4.61. The van der Waals surface area contributed by atoms with E-state index in [2.05, 4.69) is 12.2 Å². The maximum absolute atomic E-state index is 13.1. The molecule has 4 aliphatic carbocycles. The van der Waals surface area contributed by atoms with Crippen molar-refractivity contribution in [3.05, 3.63) is 0 Å². The fourth-order valence-electron chi connectivity index (χ4n) is 5.94. The summed E-state index contributed by atoms with van der Waals surface area (Å²) in [5, 5.41) is 3.38. The van der Waals surface area contributed by atoms with Gasteiger partial charge in [-0.2, -0.15) is 0 Å². The Morgan fingerprint density at radius 2 is 1.58 bits per heavy atom. The molecule has 0 aromatic rings. The van der Waals surface area contributed by atoms with Crippen LogP contribution < -0.4 is 5.32 Å². The van der Waals surface area contributed by atoms with Crippen LogP contribution in [0.3, 0.4) is 0 Å². The van der Waals surface area contributed by atoms with E-state index in [9.17, 15) is 9.59 Å². The van der Waals surface area contributed by atoms with E-state index < -0.39 is 11.5 Å². The lowest BCUT2D eigenvalue weighted by Gasteiger charge is -2.57. The van der Waals surface area contributed by atoms with E-state index in [1.807, 2.05) is 20.8 Å². The molecule has 4 bridgehead atoms. The number of nitrogens with one attached hydrogen (secondary N) is 1. The summed E-state index contributed by atoms with van der Waals surface area (Å²) in [5.74, 6) is 1.24. The molecular formula is C22H37NO3. The average molecular weight is 364 g/mol. The second kappa shape index (κ2) is 7.52. The zero-order chi connectivity index (χ0) is 18.9. The van der Waals surface area contributed by atoms with Crippen LogP contribution in [0.1, 0.15) is 91.9 Å². The number of hydrogen-bond acceptors (Lipinski definition) is 3. The van der Waals surface area contributed by atoms with Crippen LogP contribution in [0.4, 0.5) is 0 Å². The summed E-state index contributed by atoms with van der Waals surface area (Å²) < 4.78 is 5.57. The third-order valence-electron chi connectivity index (χ3n) is 6.53. The van der Waals surface area contributed by atoms with E-state index >= 15 is 0 Å². The van der Waals surface area contributed by atoms with Gasteiger partial charge in [-0.15, -0.1) is 0 Å². The minimum absolute atomic E-state index is 0.0448. The molecule has 0 radical (unpaired) electrons. The van der Waals surface area contributed by atoms with Crippen LogP contribution in [0.15, 0.2) is 0 Å². The van der Waals surface area contributed by atoms with Crippen molar-refractivity contribution < 1.29 is 14.3 Å². The molecule has 0 saturated heterocycles. The van der Waals surface area contributed by atoms with E-state index in [1.165, 1.54) is 19.3 Å². The Labute approximate surface area is 158 Å². The first-order valence-corrected chi connectivity index (χ1v) is 10.7. The van der Waals surface area contributed by atoms with Crippen molar-refractivity contribution in [3.63, 3.8) is 0 Å². The number of esters is 1. The van der Waals surface area contributed by atoms with E-state index in [0.29, 0.717) is 6.42 Å². The van der Waals surface area contributed by atoms with Crippen molar-refractivity contribution in [2.75, 3.05) is 0 Å². The van der Waals surface area contributed by atoms with Gasteiger partial charge < -0.3 is 10.1 Å². The van der Waals surface area contributed by atoms with Crippen LogP contribution in [0.5, 0.6) is 0 Å². The van der Waals surface area contributed by atoms with Gasteiger partial charge in [0, 0.05) is 5.54 Å². The zero-order valence-corrected chi connectivity index (χ0v) is 17.1. The second-order valence-electron chi connectivity index (χ2n) is 10.3. The smallest absolute Gasteiger partial charge is 0.319 e. The highest BCUT2D eigenvalue weighted by Crippen LogP contribution is 2.55. The lowest BCUT2D eigenvalue weighted by molar-refractivity contribution is -0.163. The molecule has 1 amide bonds. The van der Waals surface area contributed by atoms with E-state index in [4.69, 9.17) is 4.74 Å². The van der Waals surface area contributed by atoms with Gasteiger partial charge >= 0.3 is 5.97 Å². The topological polar surface area (TPSA) is 55.4 Å². The van der Waals surface area contributed by atoms with Crippen LogP contribution in [-0.4, -0.2) is 23.0 Å². The predicted octanol–water partition coefficient (Wildman–Crippen LogP) is 4.61. The van der Waals surface area contributed by atoms with Gasteiger partial charge in [-0.1, -0.05) is 26.2 Å². The highest BCUT2D eigenvalue weighted by Gasteiger charge is 2.52. The molecule has 4 nitrogen and oxygen atoms in total. The number of unbranched alkanes of at least 4 members (excludes halogenated alkanes) is 2. The summed E-state index contributed by atoms with van der Waals surface area (Å²) in [6, 6.07) is 0.